The van der Waals surface area contributed by atoms with Crippen molar-refractivity contribution in [3.8, 4) is 5.75 Å². The molecule has 4 nitrogen and oxygen atoms in total. The van der Waals surface area contributed by atoms with Crippen LogP contribution in [0.4, 0.5) is 0 Å². The zero-order valence-corrected chi connectivity index (χ0v) is 13.4. The molecule has 0 aliphatic heterocycles. The first-order valence-electron chi connectivity index (χ1n) is 7.70. The van der Waals surface area contributed by atoms with Crippen LogP contribution in [0.25, 0.3) is 0 Å². The van der Waals surface area contributed by atoms with Crippen molar-refractivity contribution in [2.24, 2.45) is 5.92 Å². The standard InChI is InChI=1S/C17H27NO3/c1-5-13(6-2)17(20)18-11-16(19)14-7-9-15(10-8-14)21-12(3)4/h7-10,12-13,16,19H,5-6,11H2,1-4H3,(H,18,20). The van der Waals surface area contributed by atoms with E-state index in [0.717, 1.165) is 24.2 Å². The maximum Gasteiger partial charge on any atom is 0.223 e. The van der Waals surface area contributed by atoms with E-state index in [1.807, 2.05) is 52.0 Å². The third-order valence-corrected chi connectivity index (χ3v) is 3.46. The number of carbonyl (C=O) groups excluding carboxylic acids is 1. The lowest BCUT2D eigenvalue weighted by molar-refractivity contribution is -0.125. The van der Waals surface area contributed by atoms with Gasteiger partial charge >= 0.3 is 0 Å². The number of hydrogen-bond donors (Lipinski definition) is 2. The van der Waals surface area contributed by atoms with Gasteiger partial charge in [0.25, 0.3) is 0 Å². The van der Waals surface area contributed by atoms with Crippen molar-refractivity contribution >= 4 is 5.91 Å². The molecule has 1 aromatic rings. The van der Waals surface area contributed by atoms with Gasteiger partial charge in [0.1, 0.15) is 5.75 Å². The van der Waals surface area contributed by atoms with Gasteiger partial charge in [-0.15, -0.1) is 0 Å². The van der Waals surface area contributed by atoms with Crippen molar-refractivity contribution < 1.29 is 14.6 Å². The van der Waals surface area contributed by atoms with E-state index in [9.17, 15) is 9.90 Å². The monoisotopic (exact) mass is 293 g/mol. The van der Waals surface area contributed by atoms with Crippen LogP contribution in [0.1, 0.15) is 52.2 Å². The molecule has 1 rings (SSSR count). The fourth-order valence-corrected chi connectivity index (χ4v) is 2.16. The van der Waals surface area contributed by atoms with E-state index in [1.165, 1.54) is 0 Å². The minimum Gasteiger partial charge on any atom is -0.491 e. The Hall–Kier alpha value is -1.55. The highest BCUT2D eigenvalue weighted by atomic mass is 16.5. The van der Waals surface area contributed by atoms with Gasteiger partial charge in [0.15, 0.2) is 0 Å². The maximum absolute atomic E-state index is 11.9. The van der Waals surface area contributed by atoms with Crippen LogP contribution in [0.15, 0.2) is 24.3 Å². The lowest BCUT2D eigenvalue weighted by Gasteiger charge is -2.16. The Morgan fingerprint density at radius 1 is 1.19 bits per heavy atom. The summed E-state index contributed by atoms with van der Waals surface area (Å²) in [5.41, 5.74) is 0.774. The van der Waals surface area contributed by atoms with E-state index in [1.54, 1.807) is 0 Å². The van der Waals surface area contributed by atoms with Crippen LogP contribution in [-0.2, 0) is 4.79 Å². The predicted octanol–water partition coefficient (Wildman–Crippen LogP) is 3.06. The fourth-order valence-electron chi connectivity index (χ4n) is 2.16. The van der Waals surface area contributed by atoms with E-state index in [4.69, 9.17) is 4.74 Å². The van der Waals surface area contributed by atoms with Gasteiger partial charge in [-0.3, -0.25) is 4.79 Å². The summed E-state index contributed by atoms with van der Waals surface area (Å²) in [5.74, 6) is 0.819. The Balaban J connectivity index is 2.52. The molecule has 0 aliphatic carbocycles. The number of hydrogen-bond acceptors (Lipinski definition) is 3. The van der Waals surface area contributed by atoms with Crippen LogP contribution in [0, 0.1) is 5.92 Å². The molecule has 118 valence electrons. The Labute approximate surface area is 127 Å². The lowest BCUT2D eigenvalue weighted by atomic mass is 10.0. The molecular formula is C17H27NO3. The van der Waals surface area contributed by atoms with Gasteiger partial charge in [-0.2, -0.15) is 0 Å². The normalized spacial score (nSPS) is 12.5. The first kappa shape index (κ1) is 17.5. The molecule has 0 spiro atoms. The molecule has 0 radical (unpaired) electrons. The third-order valence-electron chi connectivity index (χ3n) is 3.46. The van der Waals surface area contributed by atoms with Crippen LogP contribution in [0.2, 0.25) is 0 Å². The first-order valence-corrected chi connectivity index (χ1v) is 7.70. The maximum atomic E-state index is 11.9. The lowest BCUT2D eigenvalue weighted by Crippen LogP contribution is -2.33. The molecule has 21 heavy (non-hydrogen) atoms. The van der Waals surface area contributed by atoms with Crippen molar-refractivity contribution in [1.29, 1.82) is 0 Å². The first-order chi connectivity index (χ1) is 9.97. The number of aliphatic hydroxyl groups excluding tert-OH is 1. The van der Waals surface area contributed by atoms with Crippen LogP contribution >= 0.6 is 0 Å². The summed E-state index contributed by atoms with van der Waals surface area (Å²) in [6.45, 7) is 8.17. The molecule has 0 bridgehead atoms. The van der Waals surface area contributed by atoms with Gasteiger partial charge in [-0.1, -0.05) is 26.0 Å². The SMILES string of the molecule is CCC(CC)C(=O)NCC(O)c1ccc(OC(C)C)cc1. The Kier molecular flexibility index (Phi) is 7.23. The van der Waals surface area contributed by atoms with Crippen LogP contribution in [0.3, 0.4) is 0 Å². The van der Waals surface area contributed by atoms with Crippen molar-refractivity contribution in [2.45, 2.75) is 52.7 Å². The summed E-state index contributed by atoms with van der Waals surface area (Å²) in [6.07, 6.45) is 1.07. The average molecular weight is 293 g/mol. The zero-order valence-electron chi connectivity index (χ0n) is 13.4. The highest BCUT2D eigenvalue weighted by Gasteiger charge is 2.15. The summed E-state index contributed by atoms with van der Waals surface area (Å²) in [7, 11) is 0. The molecule has 1 unspecified atom stereocenters. The summed E-state index contributed by atoms with van der Waals surface area (Å²) < 4.78 is 5.56. The van der Waals surface area contributed by atoms with Crippen molar-refractivity contribution in [1.82, 2.24) is 5.32 Å². The molecule has 4 heteroatoms. The van der Waals surface area contributed by atoms with Crippen LogP contribution in [-0.4, -0.2) is 23.7 Å². The van der Waals surface area contributed by atoms with E-state index in [2.05, 4.69) is 5.32 Å². The molecule has 1 amide bonds. The molecule has 0 saturated heterocycles. The second-order valence-electron chi connectivity index (χ2n) is 5.51. The average Bonchev–Trinajstić information content (AvgIpc) is 2.46. The smallest absolute Gasteiger partial charge is 0.223 e. The molecule has 0 aliphatic rings. The van der Waals surface area contributed by atoms with E-state index in [-0.39, 0.29) is 24.5 Å². The van der Waals surface area contributed by atoms with E-state index in [0.29, 0.717) is 0 Å². The second-order valence-corrected chi connectivity index (χ2v) is 5.51. The van der Waals surface area contributed by atoms with Gasteiger partial charge in [0.05, 0.1) is 12.2 Å². The summed E-state index contributed by atoms with van der Waals surface area (Å²) in [5, 5.41) is 12.9. The highest BCUT2D eigenvalue weighted by Crippen LogP contribution is 2.18. The number of amides is 1. The number of ether oxygens (including phenoxy) is 1. The topological polar surface area (TPSA) is 58.6 Å². The second kappa shape index (κ2) is 8.67. The Morgan fingerprint density at radius 2 is 1.76 bits per heavy atom. The van der Waals surface area contributed by atoms with Gasteiger partial charge in [-0.25, -0.2) is 0 Å². The Bertz CT molecular complexity index is 424. The van der Waals surface area contributed by atoms with Gasteiger partial charge in [0, 0.05) is 12.5 Å². The molecule has 0 saturated carbocycles. The largest absolute Gasteiger partial charge is 0.491 e. The number of aliphatic hydroxyl groups is 1. The van der Waals surface area contributed by atoms with Crippen molar-refractivity contribution in [3.63, 3.8) is 0 Å². The van der Waals surface area contributed by atoms with Crippen molar-refractivity contribution in [2.75, 3.05) is 6.54 Å². The molecule has 2 N–H and O–H groups in total. The zero-order chi connectivity index (χ0) is 15.8. The number of benzene rings is 1. The summed E-state index contributed by atoms with van der Waals surface area (Å²) >= 11 is 0. The number of rotatable bonds is 8. The van der Waals surface area contributed by atoms with E-state index < -0.39 is 6.10 Å². The molecule has 0 fully saturated rings. The van der Waals surface area contributed by atoms with Crippen LogP contribution in [0.5, 0.6) is 5.75 Å². The molecule has 1 aromatic carbocycles. The molecule has 0 heterocycles. The molecule has 0 aromatic heterocycles. The molecular weight excluding hydrogens is 266 g/mol. The van der Waals surface area contributed by atoms with Gasteiger partial charge in [0.2, 0.25) is 5.91 Å². The quantitative estimate of drug-likeness (QED) is 0.774. The Morgan fingerprint density at radius 3 is 2.24 bits per heavy atom. The minimum atomic E-state index is -0.698. The van der Waals surface area contributed by atoms with E-state index >= 15 is 0 Å². The highest BCUT2D eigenvalue weighted by molar-refractivity contribution is 5.78. The molecule has 1 atom stereocenters. The van der Waals surface area contributed by atoms with Gasteiger partial charge < -0.3 is 15.2 Å². The number of nitrogens with one attached hydrogen (secondary N) is 1. The fraction of sp³-hybridized carbons (Fsp3) is 0.588. The predicted molar refractivity (Wildman–Crippen MR) is 84.2 cm³/mol. The van der Waals surface area contributed by atoms with Crippen molar-refractivity contribution in [3.05, 3.63) is 29.8 Å². The number of carbonyl (C=O) groups is 1. The summed E-state index contributed by atoms with van der Waals surface area (Å²) in [4.78, 5) is 11.9. The van der Waals surface area contributed by atoms with Crippen LogP contribution < -0.4 is 10.1 Å². The summed E-state index contributed by atoms with van der Waals surface area (Å²) in [6, 6.07) is 7.32. The minimum absolute atomic E-state index is 0.0128. The van der Waals surface area contributed by atoms with Gasteiger partial charge in [-0.05, 0) is 44.4 Å². The third kappa shape index (κ3) is 5.76.